The van der Waals surface area contributed by atoms with Crippen LogP contribution in [0.15, 0.2) is 0 Å². The minimum absolute atomic E-state index is 0.0335. The van der Waals surface area contributed by atoms with Crippen molar-refractivity contribution in [2.24, 2.45) is 11.5 Å². The van der Waals surface area contributed by atoms with Gasteiger partial charge in [0.25, 0.3) is 0 Å². The number of rotatable bonds is 4. The third-order valence-corrected chi connectivity index (χ3v) is 3.44. The van der Waals surface area contributed by atoms with Gasteiger partial charge in [-0.05, 0) is 0 Å². The molecule has 0 saturated carbocycles. The molecule has 0 spiro atoms. The van der Waals surface area contributed by atoms with Crippen molar-refractivity contribution in [3.05, 3.63) is 0 Å². The molecule has 0 aromatic carbocycles. The topological polar surface area (TPSA) is 94.0 Å². The van der Waals surface area contributed by atoms with E-state index in [0.29, 0.717) is 33.0 Å². The van der Waals surface area contributed by atoms with Gasteiger partial charge in [0, 0.05) is 19.6 Å². The van der Waals surface area contributed by atoms with Crippen LogP contribution >= 0.6 is 0 Å². The molecule has 2 atom stereocenters. The van der Waals surface area contributed by atoms with Crippen molar-refractivity contribution in [1.29, 1.82) is 0 Å². The van der Waals surface area contributed by atoms with E-state index in [1.807, 2.05) is 0 Å². The third-order valence-electron chi connectivity index (χ3n) is 3.44. The molecule has 2 fully saturated rings. The van der Waals surface area contributed by atoms with Gasteiger partial charge < -0.3 is 26.0 Å². The fourth-order valence-electron chi connectivity index (χ4n) is 2.29. The lowest BCUT2D eigenvalue weighted by molar-refractivity contribution is -0.203. The molecular formula is C10H21N3O3. The first-order chi connectivity index (χ1) is 7.67. The Morgan fingerprint density at radius 1 is 1.44 bits per heavy atom. The highest BCUT2D eigenvalue weighted by molar-refractivity contribution is 5.02. The van der Waals surface area contributed by atoms with E-state index >= 15 is 0 Å². The van der Waals surface area contributed by atoms with Crippen LogP contribution in [0.2, 0.25) is 0 Å². The van der Waals surface area contributed by atoms with Crippen molar-refractivity contribution in [1.82, 2.24) is 4.90 Å². The standard InChI is InChI=1S/C10H21N3O3/c11-1-2-13-3-4-15-5-8(13)9(12)10(14)6-16-7-10/h8-9,14H,1-7,11-12H2. The molecule has 2 aliphatic heterocycles. The number of ether oxygens (including phenoxy) is 2. The van der Waals surface area contributed by atoms with Crippen LogP contribution in [0.1, 0.15) is 0 Å². The minimum Gasteiger partial charge on any atom is -0.383 e. The monoisotopic (exact) mass is 231 g/mol. The van der Waals surface area contributed by atoms with Gasteiger partial charge in [-0.1, -0.05) is 0 Å². The van der Waals surface area contributed by atoms with Crippen LogP contribution in [0.4, 0.5) is 0 Å². The molecule has 0 bridgehead atoms. The number of morpholine rings is 1. The van der Waals surface area contributed by atoms with Gasteiger partial charge in [-0.15, -0.1) is 0 Å². The highest BCUT2D eigenvalue weighted by Crippen LogP contribution is 2.25. The average Bonchev–Trinajstić information content (AvgIpc) is 2.26. The summed E-state index contributed by atoms with van der Waals surface area (Å²) in [7, 11) is 0. The van der Waals surface area contributed by atoms with E-state index in [1.54, 1.807) is 0 Å². The zero-order valence-corrected chi connectivity index (χ0v) is 9.47. The average molecular weight is 231 g/mol. The van der Waals surface area contributed by atoms with Crippen molar-refractivity contribution in [3.8, 4) is 0 Å². The molecular weight excluding hydrogens is 210 g/mol. The van der Waals surface area contributed by atoms with Gasteiger partial charge in [0.15, 0.2) is 0 Å². The summed E-state index contributed by atoms with van der Waals surface area (Å²) in [5.41, 5.74) is 10.8. The lowest BCUT2D eigenvalue weighted by Crippen LogP contribution is -2.70. The van der Waals surface area contributed by atoms with Crippen LogP contribution in [-0.4, -0.2) is 73.8 Å². The third kappa shape index (κ3) is 2.22. The van der Waals surface area contributed by atoms with Gasteiger partial charge in [-0.25, -0.2) is 0 Å². The maximum absolute atomic E-state index is 10.2. The molecule has 94 valence electrons. The molecule has 2 aliphatic rings. The Labute approximate surface area is 95.5 Å². The van der Waals surface area contributed by atoms with Gasteiger partial charge in [0.05, 0.1) is 38.5 Å². The van der Waals surface area contributed by atoms with Crippen LogP contribution in [0.3, 0.4) is 0 Å². The van der Waals surface area contributed by atoms with Crippen LogP contribution in [0.5, 0.6) is 0 Å². The second-order valence-corrected chi connectivity index (χ2v) is 4.59. The zero-order chi connectivity index (χ0) is 11.6. The molecule has 0 aliphatic carbocycles. The van der Waals surface area contributed by atoms with Crippen molar-refractivity contribution >= 4 is 0 Å². The summed E-state index contributed by atoms with van der Waals surface area (Å²) in [5, 5.41) is 10.2. The zero-order valence-electron chi connectivity index (χ0n) is 9.47. The van der Waals surface area contributed by atoms with Gasteiger partial charge in [-0.2, -0.15) is 0 Å². The van der Waals surface area contributed by atoms with Crippen molar-refractivity contribution in [2.75, 3.05) is 46.1 Å². The fraction of sp³-hybridized carbons (Fsp3) is 1.00. The Hall–Kier alpha value is -0.240. The lowest BCUT2D eigenvalue weighted by Gasteiger charge is -2.48. The summed E-state index contributed by atoms with van der Waals surface area (Å²) in [6.07, 6.45) is 0. The number of nitrogens with zero attached hydrogens (tertiary/aromatic N) is 1. The Kier molecular flexibility index (Phi) is 3.78. The van der Waals surface area contributed by atoms with E-state index in [2.05, 4.69) is 4.90 Å². The summed E-state index contributed by atoms with van der Waals surface area (Å²) >= 11 is 0. The van der Waals surface area contributed by atoms with E-state index in [4.69, 9.17) is 20.9 Å². The van der Waals surface area contributed by atoms with E-state index in [9.17, 15) is 5.11 Å². The molecule has 5 N–H and O–H groups in total. The predicted octanol–water partition coefficient (Wildman–Crippen LogP) is -2.27. The molecule has 6 nitrogen and oxygen atoms in total. The highest BCUT2D eigenvalue weighted by Gasteiger charge is 2.47. The summed E-state index contributed by atoms with van der Waals surface area (Å²) in [4.78, 5) is 2.20. The van der Waals surface area contributed by atoms with Gasteiger partial charge in [-0.3, -0.25) is 4.90 Å². The largest absolute Gasteiger partial charge is 0.383 e. The Morgan fingerprint density at radius 2 is 2.19 bits per heavy atom. The Bertz CT molecular complexity index is 233. The quantitative estimate of drug-likeness (QED) is 0.505. The Balaban J connectivity index is 1.98. The van der Waals surface area contributed by atoms with E-state index in [0.717, 1.165) is 13.1 Å². The first-order valence-electron chi connectivity index (χ1n) is 5.75. The number of nitrogens with two attached hydrogens (primary N) is 2. The molecule has 2 rings (SSSR count). The van der Waals surface area contributed by atoms with Gasteiger partial charge >= 0.3 is 0 Å². The Morgan fingerprint density at radius 3 is 2.75 bits per heavy atom. The molecule has 0 aromatic rings. The second-order valence-electron chi connectivity index (χ2n) is 4.59. The molecule has 0 radical (unpaired) electrons. The molecule has 2 saturated heterocycles. The summed E-state index contributed by atoms with van der Waals surface area (Å²) < 4.78 is 10.5. The predicted molar refractivity (Wildman–Crippen MR) is 59.0 cm³/mol. The molecule has 0 aromatic heterocycles. The molecule has 2 heterocycles. The first kappa shape index (κ1) is 12.2. The number of hydrogen-bond donors (Lipinski definition) is 3. The maximum Gasteiger partial charge on any atom is 0.128 e. The summed E-state index contributed by atoms with van der Waals surface area (Å²) in [6, 6.07) is -0.306. The van der Waals surface area contributed by atoms with Gasteiger partial charge in [0.2, 0.25) is 0 Å². The first-order valence-corrected chi connectivity index (χ1v) is 5.75. The van der Waals surface area contributed by atoms with Crippen LogP contribution in [0, 0.1) is 0 Å². The second kappa shape index (κ2) is 4.95. The molecule has 2 unspecified atom stereocenters. The van der Waals surface area contributed by atoms with E-state index < -0.39 is 5.60 Å². The van der Waals surface area contributed by atoms with Crippen molar-refractivity contribution in [2.45, 2.75) is 17.7 Å². The maximum atomic E-state index is 10.2. The fourth-order valence-corrected chi connectivity index (χ4v) is 2.29. The van der Waals surface area contributed by atoms with E-state index in [1.165, 1.54) is 0 Å². The van der Waals surface area contributed by atoms with Crippen LogP contribution in [-0.2, 0) is 9.47 Å². The SMILES string of the molecule is NCCN1CCOCC1C(N)C1(O)COC1. The minimum atomic E-state index is -0.891. The smallest absolute Gasteiger partial charge is 0.128 e. The summed E-state index contributed by atoms with van der Waals surface area (Å²) in [6.45, 7) is 4.12. The highest BCUT2D eigenvalue weighted by atomic mass is 16.5. The van der Waals surface area contributed by atoms with Crippen LogP contribution < -0.4 is 11.5 Å². The lowest BCUT2D eigenvalue weighted by atomic mass is 9.86. The number of aliphatic hydroxyl groups is 1. The van der Waals surface area contributed by atoms with E-state index in [-0.39, 0.29) is 12.1 Å². The van der Waals surface area contributed by atoms with Crippen molar-refractivity contribution < 1.29 is 14.6 Å². The van der Waals surface area contributed by atoms with Gasteiger partial charge in [0.1, 0.15) is 5.60 Å². The molecule has 0 amide bonds. The normalized spacial score (nSPS) is 32.1. The number of hydrogen-bond acceptors (Lipinski definition) is 6. The summed E-state index contributed by atoms with van der Waals surface area (Å²) in [5.74, 6) is 0. The van der Waals surface area contributed by atoms with Crippen LogP contribution in [0.25, 0.3) is 0 Å². The molecule has 6 heteroatoms. The van der Waals surface area contributed by atoms with Crippen molar-refractivity contribution in [3.63, 3.8) is 0 Å². The molecule has 16 heavy (non-hydrogen) atoms.